The smallest absolute Gasteiger partial charge is 0.0448 e. The van der Waals surface area contributed by atoms with Gasteiger partial charge in [0.25, 0.3) is 0 Å². The molecule has 0 saturated carbocycles. The van der Waals surface area contributed by atoms with E-state index in [0.717, 1.165) is 5.92 Å². The molecular formula is C18H46. The minimum atomic E-state index is 0.935. The Morgan fingerprint density at radius 1 is 0.556 bits per heavy atom. The van der Waals surface area contributed by atoms with Crippen LogP contribution in [0.25, 0.3) is 0 Å². The molecule has 0 saturated heterocycles. The van der Waals surface area contributed by atoms with Crippen LogP contribution in [-0.4, -0.2) is 0 Å². The van der Waals surface area contributed by atoms with Gasteiger partial charge in [0.2, 0.25) is 0 Å². The van der Waals surface area contributed by atoms with Gasteiger partial charge in [-0.2, -0.15) is 0 Å². The third kappa shape index (κ3) is 260. The zero-order chi connectivity index (χ0) is 17.0. The summed E-state index contributed by atoms with van der Waals surface area (Å²) in [5.74, 6) is 0.935. The lowest BCUT2D eigenvalue weighted by molar-refractivity contribution is 0.544. The number of hydrogen-bond acceptors (Lipinski definition) is 0. The molecule has 0 rings (SSSR count). The van der Waals surface area contributed by atoms with Gasteiger partial charge < -0.3 is 0 Å². The first-order valence-electron chi connectivity index (χ1n) is 8.14. The lowest BCUT2D eigenvalue weighted by Crippen LogP contribution is -1.85. The van der Waals surface area contributed by atoms with Gasteiger partial charge in [-0.15, -0.1) is 12.8 Å². The number of hydrogen-bond donors (Lipinski definition) is 0. The highest BCUT2D eigenvalue weighted by Crippen LogP contribution is 2.02. The first-order valence-corrected chi connectivity index (χ1v) is 8.14. The van der Waals surface area contributed by atoms with Gasteiger partial charge in [-0.1, -0.05) is 103 Å². The highest BCUT2D eigenvalue weighted by Gasteiger charge is 1.88. The number of terminal acetylenes is 1. The summed E-state index contributed by atoms with van der Waals surface area (Å²) in [7, 11) is 0. The van der Waals surface area contributed by atoms with Crippen LogP contribution in [0, 0.1) is 18.8 Å². The second kappa shape index (κ2) is 193. The van der Waals surface area contributed by atoms with Gasteiger partial charge in [0.15, 0.2) is 0 Å². The first-order chi connectivity index (χ1) is 8.81. The maximum atomic E-state index is 4.00. The molecule has 0 atom stereocenters. The zero-order valence-corrected chi connectivity index (χ0v) is 16.1. The average molecular weight is 263 g/mol. The fraction of sp³-hybridized carbons (Fsp3) is 0.889. The quantitative estimate of drug-likeness (QED) is 0.445. The molecule has 0 heterocycles. The van der Waals surface area contributed by atoms with Gasteiger partial charge in [-0.25, -0.2) is 0 Å². The second-order valence-electron chi connectivity index (χ2n) is 1.92. The summed E-state index contributed by atoms with van der Waals surface area (Å²) in [6.07, 6.45) is 10.7. The Balaban J connectivity index is -0.0000000174. The maximum absolute atomic E-state index is 4.00. The molecule has 0 spiro atoms. The molecular weight excluding hydrogens is 216 g/mol. The van der Waals surface area contributed by atoms with E-state index in [9.17, 15) is 0 Å². The third-order valence-corrected chi connectivity index (χ3v) is 1.39. The maximum Gasteiger partial charge on any atom is -0.0448 e. The van der Waals surface area contributed by atoms with E-state index in [1.165, 1.54) is 12.8 Å². The SMILES string of the molecule is C#C.CC.CC.CC.CC.CC.CCC(C)CC. The summed E-state index contributed by atoms with van der Waals surface area (Å²) in [6, 6.07) is 0. The number of rotatable bonds is 2. The lowest BCUT2D eigenvalue weighted by atomic mass is 10.1. The van der Waals surface area contributed by atoms with Crippen molar-refractivity contribution in [3.63, 3.8) is 0 Å². The van der Waals surface area contributed by atoms with Crippen LogP contribution < -0.4 is 0 Å². The van der Waals surface area contributed by atoms with Gasteiger partial charge in [0.05, 0.1) is 0 Å². The van der Waals surface area contributed by atoms with Gasteiger partial charge in [-0.3, -0.25) is 0 Å². The summed E-state index contributed by atoms with van der Waals surface area (Å²) in [5, 5.41) is 0. The molecule has 0 fully saturated rings. The summed E-state index contributed by atoms with van der Waals surface area (Å²) in [4.78, 5) is 0. The van der Waals surface area contributed by atoms with Crippen LogP contribution in [0.4, 0.5) is 0 Å². The van der Waals surface area contributed by atoms with E-state index in [-0.39, 0.29) is 0 Å². The minimum Gasteiger partial charge on any atom is -0.124 e. The summed E-state index contributed by atoms with van der Waals surface area (Å²) in [5.41, 5.74) is 0. The molecule has 0 N–H and O–H groups in total. The molecule has 0 aromatic heterocycles. The van der Waals surface area contributed by atoms with Gasteiger partial charge >= 0.3 is 0 Å². The molecule has 0 aromatic carbocycles. The molecule has 118 valence electrons. The van der Waals surface area contributed by atoms with E-state index >= 15 is 0 Å². The molecule has 0 amide bonds. The van der Waals surface area contributed by atoms with E-state index in [1.807, 2.05) is 69.2 Å². The molecule has 0 radical (unpaired) electrons. The Kier molecular flexibility index (Phi) is 463. The van der Waals surface area contributed by atoms with Crippen LogP contribution in [0.1, 0.15) is 103 Å². The summed E-state index contributed by atoms with van der Waals surface area (Å²) < 4.78 is 0. The highest BCUT2D eigenvalue weighted by molar-refractivity contribution is 4.47. The molecule has 0 bridgehead atoms. The van der Waals surface area contributed by atoms with Crippen molar-refractivity contribution in [2.45, 2.75) is 103 Å². The normalized spacial score (nSPS) is 5.11. The molecule has 0 aliphatic rings. The van der Waals surface area contributed by atoms with Crippen molar-refractivity contribution in [1.29, 1.82) is 0 Å². The second-order valence-corrected chi connectivity index (χ2v) is 1.92. The van der Waals surface area contributed by atoms with Crippen molar-refractivity contribution in [2.24, 2.45) is 5.92 Å². The third-order valence-electron chi connectivity index (χ3n) is 1.39. The molecule has 18 heavy (non-hydrogen) atoms. The van der Waals surface area contributed by atoms with Crippen molar-refractivity contribution < 1.29 is 0 Å². The van der Waals surface area contributed by atoms with Gasteiger partial charge in [0.1, 0.15) is 0 Å². The fourth-order valence-electron chi connectivity index (χ4n) is 0.289. The van der Waals surface area contributed by atoms with Crippen molar-refractivity contribution in [3.8, 4) is 12.8 Å². The van der Waals surface area contributed by atoms with Crippen LogP contribution in [0.15, 0.2) is 0 Å². The molecule has 0 nitrogen and oxygen atoms in total. The van der Waals surface area contributed by atoms with Crippen LogP contribution in [0.2, 0.25) is 0 Å². The van der Waals surface area contributed by atoms with Crippen LogP contribution in [-0.2, 0) is 0 Å². The minimum absolute atomic E-state index is 0.935. The van der Waals surface area contributed by atoms with Crippen LogP contribution in [0.5, 0.6) is 0 Å². The lowest BCUT2D eigenvalue weighted by Gasteiger charge is -1.98. The molecule has 0 unspecified atom stereocenters. The van der Waals surface area contributed by atoms with E-state index < -0.39 is 0 Å². The average Bonchev–Trinajstić information content (AvgIpc) is 2.57. The van der Waals surface area contributed by atoms with Crippen molar-refractivity contribution >= 4 is 0 Å². The van der Waals surface area contributed by atoms with Crippen molar-refractivity contribution in [3.05, 3.63) is 0 Å². The van der Waals surface area contributed by atoms with Crippen LogP contribution >= 0.6 is 0 Å². The van der Waals surface area contributed by atoms with Gasteiger partial charge in [-0.05, 0) is 5.92 Å². The van der Waals surface area contributed by atoms with E-state index in [0.29, 0.717) is 0 Å². The Labute approximate surface area is 122 Å². The van der Waals surface area contributed by atoms with Gasteiger partial charge in [0, 0.05) is 0 Å². The van der Waals surface area contributed by atoms with E-state index in [4.69, 9.17) is 0 Å². The van der Waals surface area contributed by atoms with Crippen LogP contribution in [0.3, 0.4) is 0 Å². The molecule has 0 aromatic rings. The van der Waals surface area contributed by atoms with E-state index in [1.54, 1.807) is 0 Å². The van der Waals surface area contributed by atoms with Crippen molar-refractivity contribution in [2.75, 3.05) is 0 Å². The first kappa shape index (κ1) is 43.2. The highest BCUT2D eigenvalue weighted by atomic mass is 13.9. The standard InChI is InChI=1S/C6H14.5C2H6.C2H2/c1-4-6(3)5-2;6*1-2/h6H,4-5H2,1-3H3;5*1-2H3;1-2H. The predicted molar refractivity (Wildman–Crippen MR) is 96.4 cm³/mol. The largest absolute Gasteiger partial charge is 0.124 e. The monoisotopic (exact) mass is 262 g/mol. The molecule has 0 aliphatic heterocycles. The topological polar surface area (TPSA) is 0 Å². The fourth-order valence-corrected chi connectivity index (χ4v) is 0.289. The molecule has 0 heteroatoms. The van der Waals surface area contributed by atoms with Crippen molar-refractivity contribution in [1.82, 2.24) is 0 Å². The molecule has 0 aliphatic carbocycles. The Hall–Kier alpha value is -0.440. The Bertz CT molecular complexity index is 39.2. The van der Waals surface area contributed by atoms with E-state index in [2.05, 4.69) is 33.6 Å². The summed E-state index contributed by atoms with van der Waals surface area (Å²) in [6.45, 7) is 26.7. The predicted octanol–water partition coefficient (Wildman–Crippen LogP) is 7.82. The summed E-state index contributed by atoms with van der Waals surface area (Å²) >= 11 is 0. The Morgan fingerprint density at radius 2 is 0.667 bits per heavy atom. The Morgan fingerprint density at radius 3 is 0.667 bits per heavy atom. The zero-order valence-electron chi connectivity index (χ0n) is 16.1.